The van der Waals surface area contributed by atoms with Crippen LogP contribution in [0.4, 0.5) is 0 Å². The Hall–Kier alpha value is -5.48. The minimum atomic E-state index is -0.503. The second-order valence-electron chi connectivity index (χ2n) is 11.9. The molecule has 1 atom stereocenters. The molecular weight excluding hydrogens is 536 g/mol. The van der Waals surface area contributed by atoms with Crippen molar-refractivity contribution in [3.63, 3.8) is 0 Å². The van der Waals surface area contributed by atoms with Crippen molar-refractivity contribution in [1.82, 2.24) is 19.7 Å². The fourth-order valence-corrected chi connectivity index (χ4v) is 7.65. The van der Waals surface area contributed by atoms with Crippen LogP contribution in [0.5, 0.6) is 0 Å². The molecule has 4 aromatic carbocycles. The number of benzene rings is 4. The van der Waals surface area contributed by atoms with Gasteiger partial charge in [0.1, 0.15) is 0 Å². The van der Waals surface area contributed by atoms with Gasteiger partial charge >= 0.3 is 0 Å². The first kappa shape index (κ1) is 25.1. The van der Waals surface area contributed by atoms with E-state index in [2.05, 4.69) is 136 Å². The molecule has 44 heavy (non-hydrogen) atoms. The Balaban J connectivity index is 1.34. The van der Waals surface area contributed by atoms with E-state index in [4.69, 9.17) is 4.98 Å². The van der Waals surface area contributed by atoms with Crippen LogP contribution in [0.15, 0.2) is 139 Å². The van der Waals surface area contributed by atoms with Crippen LogP contribution in [0.2, 0.25) is 0 Å². The van der Waals surface area contributed by atoms with E-state index in [1.165, 1.54) is 44.1 Å². The maximum atomic E-state index is 5.05. The molecule has 0 saturated heterocycles. The van der Waals surface area contributed by atoms with Gasteiger partial charge in [-0.1, -0.05) is 84.9 Å². The molecule has 2 aliphatic rings. The third-order valence-electron chi connectivity index (χ3n) is 9.44. The molecule has 9 rings (SSSR count). The van der Waals surface area contributed by atoms with E-state index in [9.17, 15) is 0 Å². The lowest BCUT2D eigenvalue weighted by Gasteiger charge is -2.34. The third-order valence-corrected chi connectivity index (χ3v) is 9.44. The number of fused-ring (bicyclic) bond motifs is 6. The van der Waals surface area contributed by atoms with Gasteiger partial charge in [0, 0.05) is 33.9 Å². The van der Waals surface area contributed by atoms with E-state index in [1.807, 2.05) is 19.2 Å². The number of aromatic amines is 1. The highest BCUT2D eigenvalue weighted by atomic mass is 15.1. The summed E-state index contributed by atoms with van der Waals surface area (Å²) in [7, 11) is 0. The molecule has 0 aliphatic heterocycles. The maximum absolute atomic E-state index is 5.05. The van der Waals surface area contributed by atoms with Crippen molar-refractivity contribution in [1.29, 1.82) is 0 Å². The quantitative estimate of drug-likeness (QED) is 0.231. The Kier molecular flexibility index (Phi) is 5.42. The van der Waals surface area contributed by atoms with Crippen molar-refractivity contribution in [2.75, 3.05) is 0 Å². The molecule has 0 bridgehead atoms. The van der Waals surface area contributed by atoms with E-state index in [-0.39, 0.29) is 0 Å². The fourth-order valence-electron chi connectivity index (χ4n) is 7.65. The first-order valence-electron chi connectivity index (χ1n) is 15.3. The topological polar surface area (TPSA) is 46.5 Å². The van der Waals surface area contributed by atoms with Crippen molar-refractivity contribution in [2.24, 2.45) is 0 Å². The highest BCUT2D eigenvalue weighted by molar-refractivity contribution is 6.10. The van der Waals surface area contributed by atoms with E-state index >= 15 is 0 Å². The normalized spacial score (nSPS) is 17.4. The van der Waals surface area contributed by atoms with Gasteiger partial charge in [-0.25, -0.2) is 0 Å². The molecule has 0 radical (unpaired) electrons. The molecule has 0 fully saturated rings. The Bertz CT molecular complexity index is 2300. The van der Waals surface area contributed by atoms with E-state index < -0.39 is 5.41 Å². The largest absolute Gasteiger partial charge is 0.309 e. The van der Waals surface area contributed by atoms with Gasteiger partial charge in [-0.15, -0.1) is 0 Å². The SMILES string of the molecule is Cc1cc(-c2ccc3c4ccccc4n(-c4cccc([C@]5(c6ccccn6)C6=CCCC=C6c6ccccc65)c4)c3c2)n[nH]1. The summed E-state index contributed by atoms with van der Waals surface area (Å²) in [5, 5.41) is 10.1. The minimum absolute atomic E-state index is 0.503. The second-order valence-corrected chi connectivity index (χ2v) is 11.9. The predicted molar refractivity (Wildman–Crippen MR) is 179 cm³/mol. The Labute approximate surface area is 256 Å². The molecule has 210 valence electrons. The summed E-state index contributed by atoms with van der Waals surface area (Å²) in [5.41, 5.74) is 13.7. The molecule has 7 aromatic rings. The van der Waals surface area contributed by atoms with Crippen molar-refractivity contribution >= 4 is 27.4 Å². The van der Waals surface area contributed by atoms with Crippen LogP contribution >= 0.6 is 0 Å². The molecule has 0 saturated carbocycles. The zero-order valence-electron chi connectivity index (χ0n) is 24.5. The predicted octanol–water partition coefficient (Wildman–Crippen LogP) is 9.33. The van der Waals surface area contributed by atoms with Gasteiger partial charge in [-0.3, -0.25) is 10.1 Å². The summed E-state index contributed by atoms with van der Waals surface area (Å²) < 4.78 is 2.41. The van der Waals surface area contributed by atoms with Crippen molar-refractivity contribution < 1.29 is 0 Å². The van der Waals surface area contributed by atoms with Crippen molar-refractivity contribution in [3.05, 3.63) is 167 Å². The third kappa shape index (κ3) is 3.45. The fraction of sp³-hybridized carbons (Fsp3) is 0.100. The molecule has 0 amide bonds. The number of hydrogen-bond acceptors (Lipinski definition) is 2. The van der Waals surface area contributed by atoms with E-state index in [1.54, 1.807) is 0 Å². The van der Waals surface area contributed by atoms with Gasteiger partial charge in [-0.2, -0.15) is 5.10 Å². The van der Waals surface area contributed by atoms with Crippen molar-refractivity contribution in [3.8, 4) is 16.9 Å². The molecule has 1 N–H and O–H groups in total. The maximum Gasteiger partial charge on any atom is 0.0924 e. The molecule has 4 heteroatoms. The Morgan fingerprint density at radius 3 is 2.45 bits per heavy atom. The highest BCUT2D eigenvalue weighted by Gasteiger charge is 2.49. The molecular formula is C40H30N4. The molecule has 0 unspecified atom stereocenters. The van der Waals surface area contributed by atoms with E-state index in [0.29, 0.717) is 0 Å². The van der Waals surface area contributed by atoms with Crippen LogP contribution in [-0.2, 0) is 5.41 Å². The Morgan fingerprint density at radius 2 is 1.57 bits per heavy atom. The summed E-state index contributed by atoms with van der Waals surface area (Å²) in [4.78, 5) is 5.05. The Morgan fingerprint density at radius 1 is 0.727 bits per heavy atom. The van der Waals surface area contributed by atoms with Gasteiger partial charge < -0.3 is 4.57 Å². The van der Waals surface area contributed by atoms with Crippen LogP contribution in [0, 0.1) is 6.92 Å². The molecule has 3 aromatic heterocycles. The molecule has 2 aliphatic carbocycles. The lowest BCUT2D eigenvalue weighted by atomic mass is 9.68. The monoisotopic (exact) mass is 566 g/mol. The van der Waals surface area contributed by atoms with Crippen LogP contribution in [0.3, 0.4) is 0 Å². The molecule has 3 heterocycles. The number of hydrogen-bond donors (Lipinski definition) is 1. The van der Waals surface area contributed by atoms with E-state index in [0.717, 1.165) is 46.7 Å². The van der Waals surface area contributed by atoms with Gasteiger partial charge in [0.15, 0.2) is 0 Å². The summed E-state index contributed by atoms with van der Waals surface area (Å²) in [6.45, 7) is 2.04. The molecule has 0 spiro atoms. The van der Waals surface area contributed by atoms with Crippen LogP contribution in [0.1, 0.15) is 40.9 Å². The minimum Gasteiger partial charge on any atom is -0.309 e. The van der Waals surface area contributed by atoms with Gasteiger partial charge in [0.2, 0.25) is 0 Å². The zero-order valence-corrected chi connectivity index (χ0v) is 24.5. The van der Waals surface area contributed by atoms with Crippen molar-refractivity contribution in [2.45, 2.75) is 25.2 Å². The zero-order chi connectivity index (χ0) is 29.3. The average Bonchev–Trinajstić information content (AvgIpc) is 3.76. The average molecular weight is 567 g/mol. The first-order chi connectivity index (χ1) is 21.7. The highest BCUT2D eigenvalue weighted by Crippen LogP contribution is 2.58. The summed E-state index contributed by atoms with van der Waals surface area (Å²) >= 11 is 0. The van der Waals surface area contributed by atoms with Crippen LogP contribution < -0.4 is 0 Å². The number of nitrogens with one attached hydrogen (secondary N) is 1. The summed E-state index contributed by atoms with van der Waals surface area (Å²) in [6, 6.07) is 41.9. The lowest BCUT2D eigenvalue weighted by Crippen LogP contribution is -2.30. The number of aromatic nitrogens is 4. The summed E-state index contributed by atoms with van der Waals surface area (Å²) in [5.74, 6) is 0. The molecule has 4 nitrogen and oxygen atoms in total. The number of rotatable bonds is 4. The number of allylic oxidation sites excluding steroid dienone is 4. The number of nitrogens with zero attached hydrogens (tertiary/aromatic N) is 3. The second kappa shape index (κ2) is 9.51. The number of H-pyrrole nitrogens is 1. The van der Waals surface area contributed by atoms with Gasteiger partial charge in [0.05, 0.1) is 27.8 Å². The van der Waals surface area contributed by atoms with Gasteiger partial charge in [0.25, 0.3) is 0 Å². The number of aryl methyl sites for hydroxylation is 1. The lowest BCUT2D eigenvalue weighted by molar-refractivity contribution is 0.726. The number of para-hydroxylation sites is 1. The van der Waals surface area contributed by atoms with Gasteiger partial charge in [-0.05, 0) is 90.1 Å². The van der Waals surface area contributed by atoms with Crippen LogP contribution in [0.25, 0.3) is 44.3 Å². The summed E-state index contributed by atoms with van der Waals surface area (Å²) in [6.07, 6.45) is 8.90. The smallest absolute Gasteiger partial charge is 0.0924 e. The standard InChI is InChI=1S/C40H30N4/c1-26-23-36(43-42-26)27-20-21-33-32-15-4-7-18-37(32)44(38(33)24-27)29-12-10-11-28(25-29)40(39-19-8-9-22-41-39)34-16-5-2-13-30(34)31-14-3-6-17-35(31)40/h2,4-5,7-25H,3,6H2,1H3,(H,42,43)/t40-/m1/s1. The number of pyridine rings is 1. The van der Waals surface area contributed by atoms with Crippen LogP contribution in [-0.4, -0.2) is 19.7 Å². The first-order valence-corrected chi connectivity index (χ1v) is 15.3.